The van der Waals surface area contributed by atoms with Crippen LogP contribution in [0.3, 0.4) is 0 Å². The minimum Gasteiger partial charge on any atom is -0.379 e. The molecule has 0 N–H and O–H groups in total. The van der Waals surface area contributed by atoms with Gasteiger partial charge in [0.05, 0.1) is 19.8 Å². The van der Waals surface area contributed by atoms with Gasteiger partial charge in [-0.05, 0) is 0 Å². The Balaban J connectivity index is 2.62. The third-order valence-corrected chi connectivity index (χ3v) is 2.46. The van der Waals surface area contributed by atoms with Crippen molar-refractivity contribution in [2.24, 2.45) is 0 Å². The topological polar surface area (TPSA) is 44.1 Å². The number of nitrogens with zero attached hydrogens (tertiary/aromatic N) is 2. The van der Waals surface area contributed by atoms with Gasteiger partial charge in [0.25, 0.3) is 5.56 Å². The van der Waals surface area contributed by atoms with Crippen LogP contribution in [0, 0.1) is 0 Å². The molecule has 0 amide bonds. The van der Waals surface area contributed by atoms with Crippen molar-refractivity contribution in [3.8, 4) is 0 Å². The third-order valence-electron chi connectivity index (χ3n) is 2.46. The van der Waals surface area contributed by atoms with Crippen molar-refractivity contribution in [1.82, 2.24) is 9.55 Å². The molecule has 76 valence electrons. The summed E-state index contributed by atoms with van der Waals surface area (Å²) in [5.74, 6) is 0.822. The van der Waals surface area contributed by atoms with Gasteiger partial charge in [0.15, 0.2) is 0 Å². The molecule has 2 heterocycles. The maximum absolute atomic E-state index is 11.6. The third kappa shape index (κ3) is 1.46. The largest absolute Gasteiger partial charge is 0.379 e. The molecule has 0 saturated carbocycles. The fraction of sp³-hybridized carbons (Fsp3) is 0.600. The molecule has 0 aromatic carbocycles. The average Bonchev–Trinajstić information content (AvgIpc) is 2.27. The highest BCUT2D eigenvalue weighted by Gasteiger charge is 2.28. The average molecular weight is 194 g/mol. The van der Waals surface area contributed by atoms with E-state index in [2.05, 4.69) is 4.98 Å². The van der Waals surface area contributed by atoms with Crippen molar-refractivity contribution in [1.29, 1.82) is 0 Å². The summed E-state index contributed by atoms with van der Waals surface area (Å²) in [6.45, 7) is 5.88. The first-order valence-corrected chi connectivity index (χ1v) is 4.75. The van der Waals surface area contributed by atoms with E-state index in [1.54, 1.807) is 10.8 Å². The van der Waals surface area contributed by atoms with Gasteiger partial charge in [-0.1, -0.05) is 13.8 Å². The molecule has 0 unspecified atom stereocenters. The number of fused-ring (bicyclic) bond motifs is 1. The van der Waals surface area contributed by atoms with Crippen LogP contribution in [-0.4, -0.2) is 22.8 Å². The molecular formula is C10H14N2O2. The Morgan fingerprint density at radius 3 is 3.14 bits per heavy atom. The van der Waals surface area contributed by atoms with Crippen molar-refractivity contribution in [3.63, 3.8) is 0 Å². The Morgan fingerprint density at radius 2 is 2.36 bits per heavy atom. The second kappa shape index (κ2) is 3.20. The van der Waals surface area contributed by atoms with Crippen molar-refractivity contribution in [2.75, 3.05) is 13.2 Å². The predicted octanol–water partition coefficient (Wildman–Crippen LogP) is 0.551. The molecule has 0 radical (unpaired) electrons. The SMILES string of the molecule is CC1(C)COCCn2c1nccc2=O. The number of hydrogen-bond acceptors (Lipinski definition) is 3. The Morgan fingerprint density at radius 1 is 1.57 bits per heavy atom. The first-order chi connectivity index (χ1) is 6.61. The van der Waals surface area contributed by atoms with Gasteiger partial charge in [-0.15, -0.1) is 0 Å². The second-order valence-corrected chi connectivity index (χ2v) is 4.19. The van der Waals surface area contributed by atoms with Gasteiger partial charge in [-0.2, -0.15) is 0 Å². The monoisotopic (exact) mass is 194 g/mol. The van der Waals surface area contributed by atoms with Crippen molar-refractivity contribution in [3.05, 3.63) is 28.4 Å². The van der Waals surface area contributed by atoms with Crippen LogP contribution in [0.15, 0.2) is 17.1 Å². The molecule has 1 aromatic heterocycles. The van der Waals surface area contributed by atoms with E-state index < -0.39 is 0 Å². The van der Waals surface area contributed by atoms with Crippen molar-refractivity contribution >= 4 is 0 Å². The summed E-state index contributed by atoms with van der Waals surface area (Å²) in [4.78, 5) is 15.8. The van der Waals surface area contributed by atoms with E-state index in [0.29, 0.717) is 19.8 Å². The van der Waals surface area contributed by atoms with Crippen LogP contribution in [0.1, 0.15) is 19.7 Å². The zero-order valence-electron chi connectivity index (χ0n) is 8.49. The molecule has 4 nitrogen and oxygen atoms in total. The van der Waals surface area contributed by atoms with Crippen LogP contribution >= 0.6 is 0 Å². The Hall–Kier alpha value is -1.16. The fourth-order valence-corrected chi connectivity index (χ4v) is 1.74. The number of hydrogen-bond donors (Lipinski definition) is 0. The zero-order chi connectivity index (χ0) is 10.2. The Labute approximate surface area is 82.5 Å². The van der Waals surface area contributed by atoms with E-state index in [-0.39, 0.29) is 11.0 Å². The first-order valence-electron chi connectivity index (χ1n) is 4.75. The lowest BCUT2D eigenvalue weighted by molar-refractivity contribution is 0.103. The normalized spacial score (nSPS) is 19.9. The molecule has 0 saturated heterocycles. The highest BCUT2D eigenvalue weighted by molar-refractivity contribution is 5.07. The highest BCUT2D eigenvalue weighted by Crippen LogP contribution is 2.22. The molecule has 0 aliphatic carbocycles. The molecule has 0 atom stereocenters. The molecule has 0 spiro atoms. The maximum atomic E-state index is 11.6. The highest BCUT2D eigenvalue weighted by atomic mass is 16.5. The van der Waals surface area contributed by atoms with E-state index in [9.17, 15) is 4.79 Å². The molecular weight excluding hydrogens is 180 g/mol. The van der Waals surface area contributed by atoms with Gasteiger partial charge in [-0.3, -0.25) is 9.36 Å². The van der Waals surface area contributed by atoms with Crippen molar-refractivity contribution < 1.29 is 4.74 Å². The lowest BCUT2D eigenvalue weighted by Gasteiger charge is -2.22. The molecule has 4 heteroatoms. The summed E-state index contributed by atoms with van der Waals surface area (Å²) in [5.41, 5.74) is -0.176. The first kappa shape index (κ1) is 9.40. The van der Waals surface area contributed by atoms with Gasteiger partial charge in [0.2, 0.25) is 0 Å². The fourth-order valence-electron chi connectivity index (χ4n) is 1.74. The quantitative estimate of drug-likeness (QED) is 0.606. The van der Waals surface area contributed by atoms with E-state index in [0.717, 1.165) is 5.82 Å². The van der Waals surface area contributed by atoms with E-state index in [4.69, 9.17) is 4.74 Å². The summed E-state index contributed by atoms with van der Waals surface area (Å²) >= 11 is 0. The predicted molar refractivity (Wildman–Crippen MR) is 52.3 cm³/mol. The molecule has 0 fully saturated rings. The Bertz CT molecular complexity index is 395. The van der Waals surface area contributed by atoms with Crippen LogP contribution in [0.4, 0.5) is 0 Å². The number of ether oxygens (including phenoxy) is 1. The summed E-state index contributed by atoms with van der Waals surface area (Å²) in [7, 11) is 0. The van der Waals surface area contributed by atoms with Crippen LogP contribution in [0.2, 0.25) is 0 Å². The minimum atomic E-state index is -0.184. The van der Waals surface area contributed by atoms with Gasteiger partial charge >= 0.3 is 0 Å². The minimum absolute atomic E-state index is 0.00794. The lowest BCUT2D eigenvalue weighted by Crippen LogP contribution is -2.32. The van der Waals surface area contributed by atoms with Crippen LogP contribution in [0.25, 0.3) is 0 Å². The summed E-state index contributed by atoms with van der Waals surface area (Å²) in [6, 6.07) is 1.49. The van der Waals surface area contributed by atoms with Gasteiger partial charge in [0, 0.05) is 17.7 Å². The van der Waals surface area contributed by atoms with Crippen molar-refractivity contribution in [2.45, 2.75) is 25.8 Å². The lowest BCUT2D eigenvalue weighted by atomic mass is 9.93. The Kier molecular flexibility index (Phi) is 2.15. The van der Waals surface area contributed by atoms with E-state index in [1.165, 1.54) is 6.07 Å². The zero-order valence-corrected chi connectivity index (χ0v) is 8.49. The molecule has 14 heavy (non-hydrogen) atoms. The summed E-state index contributed by atoms with van der Waals surface area (Å²) < 4.78 is 7.15. The van der Waals surface area contributed by atoms with Crippen LogP contribution < -0.4 is 5.56 Å². The van der Waals surface area contributed by atoms with Crippen LogP contribution in [-0.2, 0) is 16.7 Å². The standard InChI is InChI=1S/C10H14N2O2/c1-10(2)7-14-6-5-12-8(13)3-4-11-9(10)12/h3-4H,5-7H2,1-2H3. The molecule has 1 aromatic rings. The van der Waals surface area contributed by atoms with Gasteiger partial charge < -0.3 is 4.74 Å². The van der Waals surface area contributed by atoms with E-state index in [1.807, 2.05) is 13.8 Å². The summed E-state index contributed by atoms with van der Waals surface area (Å²) in [6.07, 6.45) is 1.57. The smallest absolute Gasteiger partial charge is 0.253 e. The number of aromatic nitrogens is 2. The number of rotatable bonds is 0. The van der Waals surface area contributed by atoms with Gasteiger partial charge in [-0.25, -0.2) is 4.98 Å². The molecule has 1 aliphatic rings. The molecule has 1 aliphatic heterocycles. The second-order valence-electron chi connectivity index (χ2n) is 4.19. The van der Waals surface area contributed by atoms with Gasteiger partial charge in [0.1, 0.15) is 5.82 Å². The maximum Gasteiger partial charge on any atom is 0.253 e. The molecule has 0 bridgehead atoms. The molecule has 2 rings (SSSR count). The van der Waals surface area contributed by atoms with Crippen LogP contribution in [0.5, 0.6) is 0 Å². The van der Waals surface area contributed by atoms with E-state index >= 15 is 0 Å². The summed E-state index contributed by atoms with van der Waals surface area (Å²) in [5, 5.41) is 0.